The highest BCUT2D eigenvalue weighted by atomic mass is 32.2. The number of hydrogen-bond donors (Lipinski definition) is 2. The molecule has 18 heavy (non-hydrogen) atoms. The average Bonchev–Trinajstić information content (AvgIpc) is 2.38. The molecule has 4 nitrogen and oxygen atoms in total. The number of rotatable bonds is 4. The van der Waals surface area contributed by atoms with E-state index in [1.807, 2.05) is 19.1 Å². The summed E-state index contributed by atoms with van der Waals surface area (Å²) >= 11 is 0. The molecule has 1 aliphatic rings. The van der Waals surface area contributed by atoms with E-state index in [1.165, 1.54) is 0 Å². The third-order valence-corrected chi connectivity index (χ3v) is 4.73. The fourth-order valence-corrected chi connectivity index (χ4v) is 3.24. The van der Waals surface area contributed by atoms with Gasteiger partial charge in [-0.05, 0) is 50.9 Å². The maximum atomic E-state index is 12.1. The number of sulfonamides is 1. The van der Waals surface area contributed by atoms with Gasteiger partial charge in [0.25, 0.3) is 0 Å². The van der Waals surface area contributed by atoms with Gasteiger partial charge < -0.3 is 5.32 Å². The van der Waals surface area contributed by atoms with Crippen LogP contribution < -0.4 is 10.0 Å². The van der Waals surface area contributed by atoms with Crippen molar-refractivity contribution >= 4 is 10.0 Å². The summed E-state index contributed by atoms with van der Waals surface area (Å²) in [6, 6.07) is 6.93. The Hall–Kier alpha value is -0.910. The van der Waals surface area contributed by atoms with Crippen LogP contribution in [0.25, 0.3) is 0 Å². The van der Waals surface area contributed by atoms with Gasteiger partial charge in [0.1, 0.15) is 0 Å². The third kappa shape index (κ3) is 3.54. The molecule has 0 unspecified atom stereocenters. The van der Waals surface area contributed by atoms with Gasteiger partial charge in [-0.2, -0.15) is 0 Å². The molecule has 1 heterocycles. The van der Waals surface area contributed by atoms with Crippen LogP contribution in [0.5, 0.6) is 0 Å². The predicted octanol–water partition coefficient (Wildman–Crippen LogP) is 1.27. The molecule has 1 saturated heterocycles. The highest BCUT2D eigenvalue weighted by Gasteiger charge is 2.18. The second-order valence-corrected chi connectivity index (χ2v) is 6.64. The van der Waals surface area contributed by atoms with Crippen LogP contribution in [0.15, 0.2) is 29.2 Å². The van der Waals surface area contributed by atoms with Crippen LogP contribution in [0.4, 0.5) is 0 Å². The van der Waals surface area contributed by atoms with Gasteiger partial charge in [0.05, 0.1) is 4.90 Å². The average molecular weight is 268 g/mol. The van der Waals surface area contributed by atoms with Crippen molar-refractivity contribution in [2.45, 2.75) is 24.7 Å². The monoisotopic (exact) mass is 268 g/mol. The van der Waals surface area contributed by atoms with Crippen molar-refractivity contribution in [2.75, 3.05) is 19.6 Å². The molecule has 0 aromatic heterocycles. The summed E-state index contributed by atoms with van der Waals surface area (Å²) in [4.78, 5) is 0.344. The number of hydrogen-bond acceptors (Lipinski definition) is 3. The van der Waals surface area contributed by atoms with Gasteiger partial charge in [-0.3, -0.25) is 0 Å². The lowest BCUT2D eigenvalue weighted by Gasteiger charge is -2.22. The Morgan fingerprint density at radius 2 is 2.06 bits per heavy atom. The molecule has 1 aliphatic heterocycles. The molecule has 1 atom stereocenters. The molecule has 100 valence electrons. The highest BCUT2D eigenvalue weighted by molar-refractivity contribution is 7.89. The fourth-order valence-electron chi connectivity index (χ4n) is 2.13. The number of benzene rings is 1. The van der Waals surface area contributed by atoms with Gasteiger partial charge >= 0.3 is 0 Å². The maximum absolute atomic E-state index is 12.1. The number of aryl methyl sites for hydroxylation is 1. The Balaban J connectivity index is 1.96. The van der Waals surface area contributed by atoms with E-state index >= 15 is 0 Å². The second-order valence-electron chi connectivity index (χ2n) is 4.88. The third-order valence-electron chi connectivity index (χ3n) is 3.29. The molecule has 2 N–H and O–H groups in total. The van der Waals surface area contributed by atoms with E-state index in [1.54, 1.807) is 12.1 Å². The molecule has 0 aliphatic carbocycles. The van der Waals surface area contributed by atoms with E-state index in [2.05, 4.69) is 10.0 Å². The SMILES string of the molecule is Cc1ccc(S(=O)(=O)NC[C@H]2CCCNC2)cc1. The molecule has 1 aromatic carbocycles. The molecule has 0 radical (unpaired) electrons. The lowest BCUT2D eigenvalue weighted by atomic mass is 10.0. The fraction of sp³-hybridized carbons (Fsp3) is 0.538. The normalized spacial score (nSPS) is 20.8. The van der Waals surface area contributed by atoms with Crippen molar-refractivity contribution in [3.63, 3.8) is 0 Å². The topological polar surface area (TPSA) is 58.2 Å². The van der Waals surface area contributed by atoms with E-state index < -0.39 is 10.0 Å². The van der Waals surface area contributed by atoms with Gasteiger partial charge in [0.2, 0.25) is 10.0 Å². The van der Waals surface area contributed by atoms with Crippen LogP contribution in [-0.4, -0.2) is 28.1 Å². The molecule has 0 amide bonds. The summed E-state index contributed by atoms with van der Waals surface area (Å²) in [5, 5.41) is 3.28. The summed E-state index contributed by atoms with van der Waals surface area (Å²) < 4.78 is 26.8. The van der Waals surface area contributed by atoms with Crippen molar-refractivity contribution in [2.24, 2.45) is 5.92 Å². The number of piperidine rings is 1. The van der Waals surface area contributed by atoms with Crippen molar-refractivity contribution in [3.8, 4) is 0 Å². The first-order valence-electron chi connectivity index (χ1n) is 6.35. The summed E-state index contributed by atoms with van der Waals surface area (Å²) in [5.41, 5.74) is 1.06. The molecule has 0 bridgehead atoms. The van der Waals surface area contributed by atoms with Crippen molar-refractivity contribution in [3.05, 3.63) is 29.8 Å². The van der Waals surface area contributed by atoms with E-state index in [9.17, 15) is 8.42 Å². The van der Waals surface area contributed by atoms with Gasteiger partial charge in [-0.1, -0.05) is 17.7 Å². The zero-order valence-corrected chi connectivity index (χ0v) is 11.5. The second kappa shape index (κ2) is 5.82. The van der Waals surface area contributed by atoms with Gasteiger partial charge in [0, 0.05) is 6.54 Å². The van der Waals surface area contributed by atoms with E-state index in [-0.39, 0.29) is 0 Å². The van der Waals surface area contributed by atoms with Crippen LogP contribution in [0.2, 0.25) is 0 Å². The molecule has 0 spiro atoms. The lowest BCUT2D eigenvalue weighted by Crippen LogP contribution is -2.38. The van der Waals surface area contributed by atoms with E-state index in [4.69, 9.17) is 0 Å². The standard InChI is InChI=1S/C13H20N2O2S/c1-11-4-6-13(7-5-11)18(16,17)15-10-12-3-2-8-14-9-12/h4-7,12,14-15H,2-3,8-10H2,1H3/t12-/m0/s1. The van der Waals surface area contributed by atoms with Crippen LogP contribution in [-0.2, 0) is 10.0 Å². The summed E-state index contributed by atoms with van der Waals surface area (Å²) in [5.74, 6) is 0.402. The molecule has 1 aromatic rings. The Morgan fingerprint density at radius 3 is 2.67 bits per heavy atom. The first-order valence-corrected chi connectivity index (χ1v) is 7.83. The zero-order chi connectivity index (χ0) is 13.0. The Kier molecular flexibility index (Phi) is 4.37. The quantitative estimate of drug-likeness (QED) is 0.864. The summed E-state index contributed by atoms with van der Waals surface area (Å²) in [6.07, 6.45) is 2.21. The molecule has 2 rings (SSSR count). The van der Waals surface area contributed by atoms with Crippen LogP contribution >= 0.6 is 0 Å². The number of nitrogens with one attached hydrogen (secondary N) is 2. The highest BCUT2D eigenvalue weighted by Crippen LogP contribution is 2.12. The molecular weight excluding hydrogens is 248 g/mol. The first kappa shape index (κ1) is 13.5. The van der Waals surface area contributed by atoms with E-state index in [0.29, 0.717) is 17.4 Å². The van der Waals surface area contributed by atoms with Crippen LogP contribution in [0.1, 0.15) is 18.4 Å². The van der Waals surface area contributed by atoms with Crippen LogP contribution in [0, 0.1) is 12.8 Å². The Labute approximate surface area is 109 Å². The van der Waals surface area contributed by atoms with Crippen LogP contribution in [0.3, 0.4) is 0 Å². The molecule has 1 fully saturated rings. The van der Waals surface area contributed by atoms with Crippen molar-refractivity contribution in [1.29, 1.82) is 0 Å². The minimum atomic E-state index is -3.35. The van der Waals surface area contributed by atoms with Gasteiger partial charge in [-0.25, -0.2) is 13.1 Å². The molecule has 5 heteroatoms. The minimum absolute atomic E-state index is 0.344. The minimum Gasteiger partial charge on any atom is -0.316 e. The Bertz CT molecular complexity index is 476. The van der Waals surface area contributed by atoms with Gasteiger partial charge in [0.15, 0.2) is 0 Å². The summed E-state index contributed by atoms with van der Waals surface area (Å²) in [6.45, 7) is 4.40. The smallest absolute Gasteiger partial charge is 0.240 e. The predicted molar refractivity (Wildman–Crippen MR) is 72.0 cm³/mol. The largest absolute Gasteiger partial charge is 0.316 e. The van der Waals surface area contributed by atoms with Crippen molar-refractivity contribution < 1.29 is 8.42 Å². The first-order chi connectivity index (χ1) is 8.58. The summed E-state index contributed by atoms with van der Waals surface area (Å²) in [7, 11) is -3.35. The lowest BCUT2D eigenvalue weighted by molar-refractivity contribution is 0.376. The van der Waals surface area contributed by atoms with Gasteiger partial charge in [-0.15, -0.1) is 0 Å². The molecular formula is C13H20N2O2S. The van der Waals surface area contributed by atoms with Crippen molar-refractivity contribution in [1.82, 2.24) is 10.0 Å². The maximum Gasteiger partial charge on any atom is 0.240 e. The Morgan fingerprint density at radius 1 is 1.33 bits per heavy atom. The zero-order valence-electron chi connectivity index (χ0n) is 10.6. The molecule has 0 saturated carbocycles. The van der Waals surface area contributed by atoms with E-state index in [0.717, 1.165) is 31.5 Å².